The molecule has 2 heterocycles. The van der Waals surface area contributed by atoms with E-state index in [4.69, 9.17) is 10.2 Å². The number of nitrogens with two attached hydrogens (primary N) is 1. The molecular weight excluding hydrogens is 228 g/mol. The number of aromatic nitrogens is 3. The number of benzene rings is 1. The molecule has 0 radical (unpaired) electrons. The second-order valence-electron chi connectivity index (χ2n) is 4.38. The summed E-state index contributed by atoms with van der Waals surface area (Å²) in [6, 6.07) is 5.46. The average Bonchev–Trinajstić information content (AvgIpc) is 2.86. The standard InChI is InChI=1S/C13H14N4O/c1-8-9(2)17(7-15-8)6-13-16-11-5-10(14)3-4-12(11)18-13/h3-5,7H,6,14H2,1-2H3. The fourth-order valence-corrected chi connectivity index (χ4v) is 1.91. The molecule has 0 bridgehead atoms. The highest BCUT2D eigenvalue weighted by molar-refractivity contribution is 5.76. The van der Waals surface area contributed by atoms with Crippen LogP contribution in [-0.2, 0) is 6.54 Å². The third kappa shape index (κ3) is 1.73. The minimum Gasteiger partial charge on any atom is -0.439 e. The van der Waals surface area contributed by atoms with Crippen molar-refractivity contribution in [3.63, 3.8) is 0 Å². The van der Waals surface area contributed by atoms with Crippen LogP contribution < -0.4 is 5.73 Å². The summed E-state index contributed by atoms with van der Waals surface area (Å²) in [4.78, 5) is 8.68. The van der Waals surface area contributed by atoms with Gasteiger partial charge in [-0.2, -0.15) is 0 Å². The van der Waals surface area contributed by atoms with E-state index in [9.17, 15) is 0 Å². The highest BCUT2D eigenvalue weighted by atomic mass is 16.3. The molecule has 0 saturated carbocycles. The highest BCUT2D eigenvalue weighted by Gasteiger charge is 2.09. The van der Waals surface area contributed by atoms with E-state index in [-0.39, 0.29) is 0 Å². The maximum atomic E-state index is 5.72. The van der Waals surface area contributed by atoms with Gasteiger partial charge in [0, 0.05) is 11.4 Å². The van der Waals surface area contributed by atoms with Crippen molar-refractivity contribution < 1.29 is 4.42 Å². The molecule has 92 valence electrons. The fourth-order valence-electron chi connectivity index (χ4n) is 1.91. The molecule has 5 heteroatoms. The molecule has 18 heavy (non-hydrogen) atoms. The number of nitrogens with zero attached hydrogens (tertiary/aromatic N) is 3. The zero-order valence-electron chi connectivity index (χ0n) is 10.3. The van der Waals surface area contributed by atoms with Crippen LogP contribution in [-0.4, -0.2) is 14.5 Å². The third-order valence-corrected chi connectivity index (χ3v) is 3.11. The lowest BCUT2D eigenvalue weighted by molar-refractivity contribution is 0.506. The fraction of sp³-hybridized carbons (Fsp3) is 0.231. The monoisotopic (exact) mass is 242 g/mol. The van der Waals surface area contributed by atoms with Crippen molar-refractivity contribution in [3.8, 4) is 0 Å². The van der Waals surface area contributed by atoms with Crippen LogP contribution in [0.1, 0.15) is 17.3 Å². The van der Waals surface area contributed by atoms with Gasteiger partial charge >= 0.3 is 0 Å². The van der Waals surface area contributed by atoms with Crippen molar-refractivity contribution in [2.45, 2.75) is 20.4 Å². The number of anilines is 1. The molecule has 0 spiro atoms. The number of hydrogen-bond donors (Lipinski definition) is 1. The smallest absolute Gasteiger partial charge is 0.215 e. The van der Waals surface area contributed by atoms with Crippen LogP contribution in [0.5, 0.6) is 0 Å². The van der Waals surface area contributed by atoms with Gasteiger partial charge in [-0.05, 0) is 32.0 Å². The van der Waals surface area contributed by atoms with Crippen molar-refractivity contribution in [3.05, 3.63) is 41.8 Å². The molecule has 0 aliphatic heterocycles. The van der Waals surface area contributed by atoms with Gasteiger partial charge in [0.05, 0.1) is 12.0 Å². The van der Waals surface area contributed by atoms with Gasteiger partial charge in [0.25, 0.3) is 0 Å². The summed E-state index contributed by atoms with van der Waals surface area (Å²) in [5, 5.41) is 0. The first-order valence-corrected chi connectivity index (χ1v) is 5.77. The van der Waals surface area contributed by atoms with E-state index in [1.165, 1.54) is 0 Å². The summed E-state index contributed by atoms with van der Waals surface area (Å²) < 4.78 is 7.69. The van der Waals surface area contributed by atoms with Gasteiger partial charge in [-0.15, -0.1) is 0 Å². The van der Waals surface area contributed by atoms with Gasteiger partial charge < -0.3 is 14.7 Å². The van der Waals surface area contributed by atoms with Crippen LogP contribution >= 0.6 is 0 Å². The minimum atomic E-state index is 0.585. The predicted octanol–water partition coefficient (Wildman–Crippen LogP) is 2.27. The van der Waals surface area contributed by atoms with Gasteiger partial charge in [0.1, 0.15) is 12.1 Å². The Morgan fingerprint density at radius 1 is 1.33 bits per heavy atom. The van der Waals surface area contributed by atoms with Crippen LogP contribution in [0, 0.1) is 13.8 Å². The SMILES string of the molecule is Cc1ncn(Cc2nc3cc(N)ccc3o2)c1C. The molecule has 3 rings (SSSR count). The molecular formula is C13H14N4O. The van der Waals surface area contributed by atoms with Crippen LogP contribution in [0.4, 0.5) is 5.69 Å². The van der Waals surface area contributed by atoms with E-state index < -0.39 is 0 Å². The summed E-state index contributed by atoms with van der Waals surface area (Å²) in [6.45, 7) is 4.60. The number of aryl methyl sites for hydroxylation is 1. The maximum Gasteiger partial charge on any atom is 0.215 e. The van der Waals surface area contributed by atoms with Crippen LogP contribution in [0.15, 0.2) is 28.9 Å². The summed E-state index contributed by atoms with van der Waals surface area (Å²) in [6.07, 6.45) is 1.80. The summed E-state index contributed by atoms with van der Waals surface area (Å²) in [5.41, 5.74) is 10.1. The zero-order chi connectivity index (χ0) is 12.7. The number of imidazole rings is 1. The van der Waals surface area contributed by atoms with Gasteiger partial charge in [-0.1, -0.05) is 0 Å². The molecule has 0 aliphatic carbocycles. The Labute approximate surface area is 104 Å². The molecule has 0 aliphatic rings. The number of oxazole rings is 1. The van der Waals surface area contributed by atoms with Crippen molar-refractivity contribution >= 4 is 16.8 Å². The average molecular weight is 242 g/mol. The van der Waals surface area contributed by atoms with Crippen molar-refractivity contribution in [1.29, 1.82) is 0 Å². The van der Waals surface area contributed by atoms with Crippen molar-refractivity contribution in [2.24, 2.45) is 0 Å². The molecule has 1 aromatic carbocycles. The number of nitrogen functional groups attached to an aromatic ring is 1. The second kappa shape index (κ2) is 3.87. The summed E-state index contributed by atoms with van der Waals surface area (Å²) >= 11 is 0. The van der Waals surface area contributed by atoms with Gasteiger partial charge in [0.15, 0.2) is 5.58 Å². The van der Waals surface area contributed by atoms with Crippen molar-refractivity contribution in [1.82, 2.24) is 14.5 Å². The van der Waals surface area contributed by atoms with Crippen LogP contribution in [0.2, 0.25) is 0 Å². The Morgan fingerprint density at radius 2 is 2.17 bits per heavy atom. The molecule has 0 atom stereocenters. The Morgan fingerprint density at radius 3 is 2.89 bits per heavy atom. The Hall–Kier alpha value is -2.30. The van der Waals surface area contributed by atoms with E-state index in [0.29, 0.717) is 18.1 Å². The minimum absolute atomic E-state index is 0.585. The second-order valence-corrected chi connectivity index (χ2v) is 4.38. The van der Waals surface area contributed by atoms with E-state index >= 15 is 0 Å². The normalized spacial score (nSPS) is 11.2. The molecule has 0 unspecified atom stereocenters. The maximum absolute atomic E-state index is 5.72. The quantitative estimate of drug-likeness (QED) is 0.700. The first-order valence-electron chi connectivity index (χ1n) is 5.77. The summed E-state index contributed by atoms with van der Waals surface area (Å²) in [7, 11) is 0. The Balaban J connectivity index is 1.98. The Bertz CT molecular complexity index is 711. The molecule has 5 nitrogen and oxygen atoms in total. The Kier molecular flexibility index (Phi) is 2.33. The zero-order valence-corrected chi connectivity index (χ0v) is 10.3. The molecule has 3 aromatic rings. The molecule has 2 N–H and O–H groups in total. The number of hydrogen-bond acceptors (Lipinski definition) is 4. The van der Waals surface area contributed by atoms with Gasteiger partial charge in [-0.25, -0.2) is 9.97 Å². The first-order chi connectivity index (χ1) is 8.63. The first kappa shape index (κ1) is 10.8. The lowest BCUT2D eigenvalue weighted by Crippen LogP contribution is -2.00. The molecule has 0 amide bonds. The molecule has 0 saturated heterocycles. The van der Waals surface area contributed by atoms with Gasteiger partial charge in [-0.3, -0.25) is 0 Å². The van der Waals surface area contributed by atoms with E-state index in [1.54, 1.807) is 6.33 Å². The number of fused-ring (bicyclic) bond motifs is 1. The van der Waals surface area contributed by atoms with E-state index in [0.717, 1.165) is 22.5 Å². The lowest BCUT2D eigenvalue weighted by atomic mass is 10.3. The lowest BCUT2D eigenvalue weighted by Gasteiger charge is -2.00. The number of rotatable bonds is 2. The third-order valence-electron chi connectivity index (χ3n) is 3.11. The van der Waals surface area contributed by atoms with Crippen molar-refractivity contribution in [2.75, 3.05) is 5.73 Å². The molecule has 0 fully saturated rings. The highest BCUT2D eigenvalue weighted by Crippen LogP contribution is 2.19. The topological polar surface area (TPSA) is 69.9 Å². The van der Waals surface area contributed by atoms with Gasteiger partial charge in [0.2, 0.25) is 5.89 Å². The van der Waals surface area contributed by atoms with E-state index in [1.807, 2.05) is 36.6 Å². The van der Waals surface area contributed by atoms with E-state index in [2.05, 4.69) is 9.97 Å². The van der Waals surface area contributed by atoms with Crippen LogP contribution in [0.3, 0.4) is 0 Å². The summed E-state index contributed by atoms with van der Waals surface area (Å²) in [5.74, 6) is 0.663. The molecule has 2 aromatic heterocycles. The van der Waals surface area contributed by atoms with Crippen LogP contribution in [0.25, 0.3) is 11.1 Å². The predicted molar refractivity (Wildman–Crippen MR) is 69.2 cm³/mol. The largest absolute Gasteiger partial charge is 0.439 e.